The number of ketones is 1. The lowest BCUT2D eigenvalue weighted by Crippen LogP contribution is -2.04. The molecule has 166 valence electrons. The summed E-state index contributed by atoms with van der Waals surface area (Å²) in [5, 5.41) is 0.943. The number of Topliss-reactive ketones (excluding diaryl/α,β-unsaturated/α-hetero) is 1. The van der Waals surface area contributed by atoms with Gasteiger partial charge in [0.05, 0.1) is 38.1 Å². The Morgan fingerprint density at radius 1 is 0.818 bits per heavy atom. The van der Waals surface area contributed by atoms with Gasteiger partial charge in [0.1, 0.15) is 0 Å². The molecule has 0 N–H and O–H groups in total. The van der Waals surface area contributed by atoms with E-state index in [0.717, 1.165) is 27.6 Å². The predicted molar refractivity (Wildman–Crippen MR) is 132 cm³/mol. The second-order valence-corrected chi connectivity index (χ2v) is 7.48. The Hall–Kier alpha value is -4.12. The summed E-state index contributed by atoms with van der Waals surface area (Å²) in [5.74, 6) is 1.59. The van der Waals surface area contributed by atoms with Gasteiger partial charge in [0.25, 0.3) is 0 Å². The molecule has 4 rings (SSSR count). The smallest absolute Gasteiger partial charge is 0.203 e. The molecule has 0 radical (unpaired) electrons. The third kappa shape index (κ3) is 4.30. The average molecular weight is 440 g/mol. The van der Waals surface area contributed by atoms with Crippen molar-refractivity contribution in [3.8, 4) is 28.4 Å². The van der Waals surface area contributed by atoms with E-state index >= 15 is 0 Å². The van der Waals surface area contributed by atoms with Crippen molar-refractivity contribution in [2.45, 2.75) is 6.92 Å². The first-order chi connectivity index (χ1) is 16.1. The Kier molecular flexibility index (Phi) is 6.41. The maximum absolute atomic E-state index is 12.9. The number of nitrogens with zero attached hydrogens (tertiary/aromatic N) is 1. The summed E-state index contributed by atoms with van der Waals surface area (Å²) < 4.78 is 16.3. The number of aromatic nitrogens is 1. The fourth-order valence-corrected chi connectivity index (χ4v) is 3.99. The summed E-state index contributed by atoms with van der Waals surface area (Å²) >= 11 is 0. The molecule has 1 aromatic heterocycles. The van der Waals surface area contributed by atoms with E-state index in [1.807, 2.05) is 78.9 Å². The van der Waals surface area contributed by atoms with Crippen molar-refractivity contribution in [2.24, 2.45) is 0 Å². The summed E-state index contributed by atoms with van der Waals surface area (Å²) in [6, 6.07) is 21.5. The minimum Gasteiger partial charge on any atom is -0.493 e. The minimum absolute atomic E-state index is 0.0448. The van der Waals surface area contributed by atoms with Crippen molar-refractivity contribution < 1.29 is 19.0 Å². The van der Waals surface area contributed by atoms with Gasteiger partial charge in [0.2, 0.25) is 5.75 Å². The second kappa shape index (κ2) is 9.57. The largest absolute Gasteiger partial charge is 0.493 e. The molecule has 0 saturated carbocycles. The summed E-state index contributed by atoms with van der Waals surface area (Å²) in [6.45, 7) is 1.58. The molecular weight excluding hydrogens is 414 g/mol. The number of fused-ring (bicyclic) bond motifs is 1. The van der Waals surface area contributed by atoms with Gasteiger partial charge in [0.15, 0.2) is 17.3 Å². The quantitative estimate of drug-likeness (QED) is 0.316. The zero-order valence-electron chi connectivity index (χ0n) is 19.1. The highest BCUT2D eigenvalue weighted by atomic mass is 16.5. The normalized spacial score (nSPS) is 11.0. The standard InChI is InChI=1S/C28H25NO4/c1-18(30)26-23(15-14-19-16-24(31-2)28(33-4)25(17-19)32-3)29-22-13-9-8-12-21(22)27(26)20-10-6-5-7-11-20/h5-17H,1-4H3/b15-14+. The van der Waals surface area contributed by atoms with Crippen LogP contribution in [0.5, 0.6) is 17.2 Å². The van der Waals surface area contributed by atoms with Crippen LogP contribution in [0.2, 0.25) is 0 Å². The summed E-state index contributed by atoms with van der Waals surface area (Å²) in [4.78, 5) is 17.7. The van der Waals surface area contributed by atoms with Crippen LogP contribution in [0.3, 0.4) is 0 Å². The zero-order chi connectivity index (χ0) is 23.4. The van der Waals surface area contributed by atoms with Crippen molar-refractivity contribution in [1.29, 1.82) is 0 Å². The highest BCUT2D eigenvalue weighted by Gasteiger charge is 2.19. The molecule has 0 fully saturated rings. The van der Waals surface area contributed by atoms with E-state index in [2.05, 4.69) is 0 Å². The maximum atomic E-state index is 12.9. The van der Waals surface area contributed by atoms with E-state index in [-0.39, 0.29) is 5.78 Å². The van der Waals surface area contributed by atoms with Crippen LogP contribution >= 0.6 is 0 Å². The molecule has 0 amide bonds. The number of ether oxygens (including phenoxy) is 3. The number of carbonyl (C=O) groups is 1. The number of para-hydroxylation sites is 1. The van der Waals surface area contributed by atoms with E-state index in [1.54, 1.807) is 28.3 Å². The van der Waals surface area contributed by atoms with Gasteiger partial charge < -0.3 is 14.2 Å². The van der Waals surface area contributed by atoms with Crippen LogP contribution in [0.15, 0.2) is 66.7 Å². The Morgan fingerprint density at radius 3 is 2.06 bits per heavy atom. The van der Waals surface area contributed by atoms with E-state index in [4.69, 9.17) is 19.2 Å². The molecule has 33 heavy (non-hydrogen) atoms. The first-order valence-corrected chi connectivity index (χ1v) is 10.5. The first kappa shape index (κ1) is 22.1. The molecule has 5 heteroatoms. The van der Waals surface area contributed by atoms with E-state index in [9.17, 15) is 4.79 Å². The van der Waals surface area contributed by atoms with Crippen molar-refractivity contribution in [3.63, 3.8) is 0 Å². The average Bonchev–Trinajstić information content (AvgIpc) is 2.86. The van der Waals surface area contributed by atoms with Gasteiger partial charge in [-0.2, -0.15) is 0 Å². The van der Waals surface area contributed by atoms with Crippen LogP contribution in [-0.4, -0.2) is 32.1 Å². The van der Waals surface area contributed by atoms with E-state index < -0.39 is 0 Å². The van der Waals surface area contributed by atoms with Gasteiger partial charge in [-0.25, -0.2) is 4.98 Å². The lowest BCUT2D eigenvalue weighted by molar-refractivity contribution is 0.101. The number of hydrogen-bond donors (Lipinski definition) is 0. The monoisotopic (exact) mass is 439 g/mol. The fraction of sp³-hybridized carbons (Fsp3) is 0.143. The molecule has 1 heterocycles. The lowest BCUT2D eigenvalue weighted by atomic mass is 9.92. The highest BCUT2D eigenvalue weighted by molar-refractivity contribution is 6.11. The Morgan fingerprint density at radius 2 is 1.45 bits per heavy atom. The molecule has 0 atom stereocenters. The van der Waals surface area contributed by atoms with Crippen LogP contribution in [0.25, 0.3) is 34.2 Å². The molecule has 3 aromatic carbocycles. The number of benzene rings is 3. The van der Waals surface area contributed by atoms with Gasteiger partial charge in [-0.05, 0) is 42.3 Å². The third-order valence-corrected chi connectivity index (χ3v) is 5.46. The molecule has 0 spiro atoms. The molecule has 5 nitrogen and oxygen atoms in total. The van der Waals surface area contributed by atoms with Crippen LogP contribution in [-0.2, 0) is 0 Å². The second-order valence-electron chi connectivity index (χ2n) is 7.48. The van der Waals surface area contributed by atoms with Gasteiger partial charge in [-0.3, -0.25) is 4.79 Å². The van der Waals surface area contributed by atoms with Crippen molar-refractivity contribution in [2.75, 3.05) is 21.3 Å². The van der Waals surface area contributed by atoms with Crippen molar-refractivity contribution in [3.05, 3.63) is 83.6 Å². The molecule has 0 aliphatic rings. The van der Waals surface area contributed by atoms with Crippen molar-refractivity contribution in [1.82, 2.24) is 4.98 Å². The van der Waals surface area contributed by atoms with Gasteiger partial charge in [0, 0.05) is 10.9 Å². The topological polar surface area (TPSA) is 57.7 Å². The predicted octanol–water partition coefficient (Wildman–Crippen LogP) is 6.30. The molecule has 0 bridgehead atoms. The molecule has 0 saturated heterocycles. The van der Waals surface area contributed by atoms with Gasteiger partial charge >= 0.3 is 0 Å². The minimum atomic E-state index is -0.0448. The molecule has 0 aliphatic heterocycles. The fourth-order valence-electron chi connectivity index (χ4n) is 3.99. The summed E-state index contributed by atoms with van der Waals surface area (Å²) in [7, 11) is 4.73. The van der Waals surface area contributed by atoms with E-state index in [1.165, 1.54) is 0 Å². The number of carbonyl (C=O) groups excluding carboxylic acids is 1. The number of methoxy groups -OCH3 is 3. The molecule has 0 unspecified atom stereocenters. The Bertz CT molecular complexity index is 1320. The van der Waals surface area contributed by atoms with Crippen LogP contribution < -0.4 is 14.2 Å². The van der Waals surface area contributed by atoms with Gasteiger partial charge in [-0.15, -0.1) is 0 Å². The number of pyridine rings is 1. The van der Waals surface area contributed by atoms with Crippen LogP contribution in [0.4, 0.5) is 0 Å². The maximum Gasteiger partial charge on any atom is 0.203 e. The zero-order valence-corrected chi connectivity index (χ0v) is 19.1. The Labute approximate surface area is 193 Å². The first-order valence-electron chi connectivity index (χ1n) is 10.5. The summed E-state index contributed by atoms with van der Waals surface area (Å²) in [6.07, 6.45) is 3.75. The SMILES string of the molecule is COc1cc(/C=C/c2nc3ccccc3c(-c3ccccc3)c2C(C)=O)cc(OC)c1OC. The molecule has 0 aliphatic carbocycles. The van der Waals surface area contributed by atoms with Crippen LogP contribution in [0.1, 0.15) is 28.5 Å². The third-order valence-electron chi connectivity index (χ3n) is 5.46. The summed E-state index contributed by atoms with van der Waals surface area (Å²) in [5.41, 5.74) is 4.71. The van der Waals surface area contributed by atoms with Crippen LogP contribution in [0, 0.1) is 0 Å². The molecular formula is C28H25NO4. The lowest BCUT2D eigenvalue weighted by Gasteiger charge is -2.15. The molecule has 4 aromatic rings. The van der Waals surface area contributed by atoms with E-state index in [0.29, 0.717) is 28.5 Å². The number of rotatable bonds is 7. The van der Waals surface area contributed by atoms with Gasteiger partial charge in [-0.1, -0.05) is 54.6 Å². The highest BCUT2D eigenvalue weighted by Crippen LogP contribution is 2.39. The number of hydrogen-bond acceptors (Lipinski definition) is 5. The van der Waals surface area contributed by atoms with Crippen molar-refractivity contribution >= 4 is 28.8 Å². The Balaban J connectivity index is 1.93.